The quantitative estimate of drug-likeness (QED) is 0.269. The lowest BCUT2D eigenvalue weighted by Crippen LogP contribution is -2.53. The van der Waals surface area contributed by atoms with Gasteiger partial charge < -0.3 is 20.1 Å². The van der Waals surface area contributed by atoms with Crippen LogP contribution >= 0.6 is 22.9 Å². The molecule has 39 heavy (non-hydrogen) atoms. The van der Waals surface area contributed by atoms with E-state index in [1.807, 2.05) is 12.1 Å². The van der Waals surface area contributed by atoms with Gasteiger partial charge in [-0.25, -0.2) is 28.1 Å². The molecule has 0 bridgehead atoms. The molecule has 202 valence electrons. The van der Waals surface area contributed by atoms with Crippen LogP contribution in [0.5, 0.6) is 0 Å². The van der Waals surface area contributed by atoms with E-state index in [0.717, 1.165) is 14.9 Å². The number of ether oxygens (including phenoxy) is 1. The van der Waals surface area contributed by atoms with Crippen molar-refractivity contribution in [3.8, 4) is 16.9 Å². The molecule has 3 N–H and O–H groups in total. The third kappa shape index (κ3) is 4.38. The summed E-state index contributed by atoms with van der Waals surface area (Å²) in [4.78, 5) is 8.76. The van der Waals surface area contributed by atoms with Crippen LogP contribution in [0.2, 0.25) is 5.02 Å². The molecule has 0 aliphatic carbocycles. The zero-order chi connectivity index (χ0) is 27.4. The van der Waals surface area contributed by atoms with Gasteiger partial charge in [0.15, 0.2) is 17.5 Å². The topological polar surface area (TPSA) is 144 Å². The van der Waals surface area contributed by atoms with Crippen molar-refractivity contribution in [1.29, 1.82) is 0 Å². The number of hydrogen-bond acceptors (Lipinski definition) is 10. The van der Waals surface area contributed by atoms with E-state index in [-0.39, 0.29) is 22.1 Å². The number of aliphatic hydroxyl groups is 3. The van der Waals surface area contributed by atoms with E-state index < -0.39 is 48.7 Å². The van der Waals surface area contributed by atoms with Crippen molar-refractivity contribution >= 4 is 33.2 Å². The van der Waals surface area contributed by atoms with E-state index in [4.69, 9.17) is 16.3 Å². The molecule has 1 aliphatic heterocycles. The van der Waals surface area contributed by atoms with Crippen molar-refractivity contribution in [1.82, 2.24) is 34.7 Å². The molecule has 4 heterocycles. The van der Waals surface area contributed by atoms with Crippen LogP contribution in [0.4, 0.5) is 8.78 Å². The molecule has 2 aromatic carbocycles. The van der Waals surface area contributed by atoms with E-state index in [1.165, 1.54) is 34.3 Å². The van der Waals surface area contributed by atoms with Gasteiger partial charge in [-0.3, -0.25) is 0 Å². The number of aromatic nitrogens is 7. The van der Waals surface area contributed by atoms with Crippen LogP contribution in [0.15, 0.2) is 42.0 Å². The summed E-state index contributed by atoms with van der Waals surface area (Å²) in [7, 11) is 0. The molecule has 0 radical (unpaired) electrons. The summed E-state index contributed by atoms with van der Waals surface area (Å²) in [5.74, 6) is -1.82. The lowest BCUT2D eigenvalue weighted by Gasteiger charge is -2.41. The van der Waals surface area contributed by atoms with E-state index in [2.05, 4.69) is 25.4 Å². The molecule has 1 saturated heterocycles. The van der Waals surface area contributed by atoms with Crippen molar-refractivity contribution in [2.24, 2.45) is 0 Å². The van der Waals surface area contributed by atoms with E-state index in [0.29, 0.717) is 11.5 Å². The number of halogens is 3. The Morgan fingerprint density at radius 1 is 1.13 bits per heavy atom. The maximum absolute atomic E-state index is 14.5. The number of nitrogens with zero attached hydrogens (tertiary/aromatic N) is 7. The van der Waals surface area contributed by atoms with Gasteiger partial charge in [-0.2, -0.15) is 5.10 Å². The number of benzene rings is 2. The molecule has 0 amide bonds. The summed E-state index contributed by atoms with van der Waals surface area (Å²) in [6.45, 7) is 1.10. The summed E-state index contributed by atoms with van der Waals surface area (Å²) in [5.41, 5.74) is 2.93. The van der Waals surface area contributed by atoms with E-state index in [9.17, 15) is 24.1 Å². The van der Waals surface area contributed by atoms with Crippen molar-refractivity contribution in [3.05, 3.63) is 70.3 Å². The molecular formula is C24H20ClF2N7O4S. The molecular weight excluding hydrogens is 556 g/mol. The van der Waals surface area contributed by atoms with Gasteiger partial charge in [0.25, 0.3) is 0 Å². The monoisotopic (exact) mass is 575 g/mol. The summed E-state index contributed by atoms with van der Waals surface area (Å²) in [5, 5.41) is 44.4. The first-order valence-electron chi connectivity index (χ1n) is 11.7. The van der Waals surface area contributed by atoms with Crippen LogP contribution in [0.25, 0.3) is 27.2 Å². The number of rotatable bonds is 5. The number of thiazole rings is 1. The molecule has 15 heteroatoms. The normalized spacial score (nSPS) is 23.5. The van der Waals surface area contributed by atoms with Gasteiger partial charge in [-0.05, 0) is 37.3 Å². The second kappa shape index (κ2) is 9.97. The zero-order valence-electron chi connectivity index (χ0n) is 20.1. The number of aryl methyl sites for hydroxylation is 1. The number of fused-ring (bicyclic) bond motifs is 1. The van der Waals surface area contributed by atoms with E-state index >= 15 is 0 Å². The van der Waals surface area contributed by atoms with E-state index in [1.54, 1.807) is 18.5 Å². The smallest absolute Gasteiger partial charge is 0.178 e. The molecule has 0 spiro atoms. The lowest BCUT2D eigenvalue weighted by atomic mass is 9.92. The second-order valence-corrected chi connectivity index (χ2v) is 10.3. The third-order valence-corrected chi connectivity index (χ3v) is 7.65. The predicted octanol–water partition coefficient (Wildman–Crippen LogP) is 2.77. The molecule has 3 aromatic heterocycles. The summed E-state index contributed by atoms with van der Waals surface area (Å²) < 4.78 is 38.1. The average molecular weight is 576 g/mol. The highest BCUT2D eigenvalue weighted by molar-refractivity contribution is 7.16. The molecule has 5 aromatic rings. The van der Waals surface area contributed by atoms with Crippen LogP contribution in [0.1, 0.15) is 23.8 Å². The highest BCUT2D eigenvalue weighted by Gasteiger charge is 2.48. The first kappa shape index (κ1) is 25.9. The van der Waals surface area contributed by atoms with Gasteiger partial charge in [0.05, 0.1) is 39.2 Å². The first-order valence-corrected chi connectivity index (χ1v) is 13.0. The zero-order valence-corrected chi connectivity index (χ0v) is 21.6. The summed E-state index contributed by atoms with van der Waals surface area (Å²) >= 11 is 7.11. The first-order chi connectivity index (χ1) is 18.8. The van der Waals surface area contributed by atoms with Crippen LogP contribution in [0.3, 0.4) is 0 Å². The average Bonchev–Trinajstić information content (AvgIpc) is 3.67. The van der Waals surface area contributed by atoms with Gasteiger partial charge >= 0.3 is 0 Å². The third-order valence-electron chi connectivity index (χ3n) is 6.57. The van der Waals surface area contributed by atoms with Crippen LogP contribution < -0.4 is 0 Å². The Morgan fingerprint density at radius 3 is 2.74 bits per heavy atom. The number of hydrogen-bond donors (Lipinski definition) is 3. The Bertz CT molecular complexity index is 1680. The minimum absolute atomic E-state index is 0.0528. The molecule has 1 fully saturated rings. The molecule has 0 saturated carbocycles. The maximum atomic E-state index is 14.5. The van der Waals surface area contributed by atoms with Crippen LogP contribution in [-0.4, -0.2) is 75.0 Å². The van der Waals surface area contributed by atoms with Crippen LogP contribution in [0, 0.1) is 18.6 Å². The van der Waals surface area contributed by atoms with Crippen LogP contribution in [-0.2, 0) is 4.74 Å². The van der Waals surface area contributed by atoms with Gasteiger partial charge in [-0.15, -0.1) is 16.4 Å². The maximum Gasteiger partial charge on any atom is 0.178 e. The summed E-state index contributed by atoms with van der Waals surface area (Å²) in [6, 6.07) is 6.74. The minimum Gasteiger partial charge on any atom is -0.394 e. The van der Waals surface area contributed by atoms with Gasteiger partial charge in [0, 0.05) is 5.56 Å². The summed E-state index contributed by atoms with van der Waals surface area (Å²) in [6.07, 6.45) is -3.94. The standard InChI is InChI=1S/C24H20ClF2N7O4S/c1-10-29-24(34(31-10)11-2-5-14-17(6-11)39-9-28-14)23-22(37)20(21(36)16(8-35)38-23)33-7-15(30-32-33)12-3-4-13(25)19(27)18(12)26/h2-7,9,16,20-23,35-37H,8H2,1H3/t16-,20+,21+,22-,23-/m1/s1. The Labute approximate surface area is 227 Å². The fourth-order valence-corrected chi connectivity index (χ4v) is 5.53. The fraction of sp³-hybridized carbons (Fsp3) is 0.292. The highest BCUT2D eigenvalue weighted by Crippen LogP contribution is 2.39. The van der Waals surface area contributed by atoms with Gasteiger partial charge in [0.2, 0.25) is 0 Å². The van der Waals surface area contributed by atoms with Gasteiger partial charge in [0.1, 0.15) is 42.0 Å². The van der Waals surface area contributed by atoms with Crippen molar-refractivity contribution in [2.45, 2.75) is 37.4 Å². The molecule has 11 nitrogen and oxygen atoms in total. The van der Waals surface area contributed by atoms with Crippen molar-refractivity contribution in [2.75, 3.05) is 6.61 Å². The minimum atomic E-state index is -1.46. The Kier molecular flexibility index (Phi) is 6.61. The van der Waals surface area contributed by atoms with Gasteiger partial charge in [-0.1, -0.05) is 16.8 Å². The highest BCUT2D eigenvalue weighted by atomic mass is 35.5. The second-order valence-electron chi connectivity index (χ2n) is 8.99. The van der Waals surface area contributed by atoms with Crippen molar-refractivity contribution in [3.63, 3.8) is 0 Å². The predicted molar refractivity (Wildman–Crippen MR) is 135 cm³/mol. The Balaban J connectivity index is 1.39. The largest absolute Gasteiger partial charge is 0.394 e. The van der Waals surface area contributed by atoms with Crippen molar-refractivity contribution < 1.29 is 28.8 Å². The SMILES string of the molecule is Cc1nc([C@@H]2O[C@H](CO)[C@H](O)[C@H](n3cc(-c4ccc(Cl)c(F)c4F)nn3)[C@H]2O)n(-c2ccc3ncsc3c2)n1. The fourth-order valence-electron chi connectivity index (χ4n) is 4.68. The molecule has 6 rings (SSSR count). The molecule has 5 atom stereocenters. The molecule has 0 unspecified atom stereocenters. The lowest BCUT2D eigenvalue weighted by molar-refractivity contribution is -0.210. The molecule has 1 aliphatic rings. The number of aliphatic hydroxyl groups excluding tert-OH is 3. The Morgan fingerprint density at radius 2 is 1.95 bits per heavy atom. The Hall–Kier alpha value is -3.40.